The van der Waals surface area contributed by atoms with E-state index in [0.717, 1.165) is 24.1 Å². The molecule has 3 rings (SSSR count). The van der Waals surface area contributed by atoms with Crippen molar-refractivity contribution >= 4 is 17.5 Å². The molecule has 0 unspecified atom stereocenters. The second kappa shape index (κ2) is 7.05. The van der Waals surface area contributed by atoms with E-state index in [9.17, 15) is 14.0 Å². The summed E-state index contributed by atoms with van der Waals surface area (Å²) in [5.74, 6) is -0.628. The van der Waals surface area contributed by atoms with E-state index in [1.165, 1.54) is 24.3 Å². The van der Waals surface area contributed by atoms with Crippen LogP contribution in [0.15, 0.2) is 42.5 Å². The molecule has 25 heavy (non-hydrogen) atoms. The molecule has 0 bridgehead atoms. The molecule has 130 valence electrons. The maximum atomic E-state index is 13.1. The number of halogens is 1. The second-order valence-corrected chi connectivity index (χ2v) is 6.54. The predicted octanol–water partition coefficient (Wildman–Crippen LogP) is 3.56. The van der Waals surface area contributed by atoms with E-state index in [-0.39, 0.29) is 23.7 Å². The average Bonchev–Trinajstić information content (AvgIpc) is 2.60. The Bertz CT molecular complexity index is 800. The lowest BCUT2D eigenvalue weighted by Gasteiger charge is -2.30. The van der Waals surface area contributed by atoms with E-state index in [1.807, 2.05) is 26.0 Å². The van der Waals surface area contributed by atoms with E-state index in [4.69, 9.17) is 0 Å². The number of carbonyl (C=O) groups is 2. The van der Waals surface area contributed by atoms with Gasteiger partial charge in [-0.1, -0.05) is 0 Å². The lowest BCUT2D eigenvalue weighted by atomic mass is 9.98. The molecule has 0 spiro atoms. The number of benzene rings is 2. The molecule has 0 aromatic heterocycles. The Labute approximate surface area is 146 Å². The van der Waals surface area contributed by atoms with Crippen molar-refractivity contribution in [3.05, 3.63) is 65.0 Å². The van der Waals surface area contributed by atoms with Crippen molar-refractivity contribution < 1.29 is 14.0 Å². The fourth-order valence-corrected chi connectivity index (χ4v) is 3.04. The van der Waals surface area contributed by atoms with Crippen LogP contribution in [-0.2, 0) is 6.42 Å². The first kappa shape index (κ1) is 17.1. The lowest BCUT2D eigenvalue weighted by molar-refractivity contribution is 0.0942. The summed E-state index contributed by atoms with van der Waals surface area (Å²) in [4.78, 5) is 26.6. The van der Waals surface area contributed by atoms with Crippen LogP contribution < -0.4 is 10.2 Å². The smallest absolute Gasteiger partial charge is 0.258 e. The van der Waals surface area contributed by atoms with Crippen LogP contribution in [0.1, 0.15) is 46.5 Å². The normalized spacial score (nSPS) is 13.5. The molecule has 5 heteroatoms. The van der Waals surface area contributed by atoms with Crippen LogP contribution in [0.5, 0.6) is 0 Å². The molecule has 1 aliphatic heterocycles. The quantitative estimate of drug-likeness (QED) is 0.929. The minimum absolute atomic E-state index is 0.0695. The molecule has 0 aliphatic carbocycles. The molecule has 0 atom stereocenters. The summed E-state index contributed by atoms with van der Waals surface area (Å²) in [7, 11) is 0. The van der Waals surface area contributed by atoms with E-state index >= 15 is 0 Å². The highest BCUT2D eigenvalue weighted by molar-refractivity contribution is 6.07. The van der Waals surface area contributed by atoms with Crippen molar-refractivity contribution in [3.8, 4) is 0 Å². The topological polar surface area (TPSA) is 49.4 Å². The van der Waals surface area contributed by atoms with Crippen molar-refractivity contribution in [2.45, 2.75) is 32.7 Å². The van der Waals surface area contributed by atoms with Gasteiger partial charge in [0.15, 0.2) is 0 Å². The Morgan fingerprint density at radius 1 is 1.08 bits per heavy atom. The average molecular weight is 340 g/mol. The minimum atomic E-state index is -0.364. The molecule has 2 aromatic rings. The maximum Gasteiger partial charge on any atom is 0.258 e. The van der Waals surface area contributed by atoms with Gasteiger partial charge in [-0.25, -0.2) is 4.39 Å². The Kier molecular flexibility index (Phi) is 4.83. The number of carbonyl (C=O) groups excluding carboxylic acids is 2. The highest BCUT2D eigenvalue weighted by atomic mass is 19.1. The van der Waals surface area contributed by atoms with Crippen LogP contribution in [-0.4, -0.2) is 24.4 Å². The summed E-state index contributed by atoms with van der Waals surface area (Å²) in [5.41, 5.74) is 2.86. The summed E-state index contributed by atoms with van der Waals surface area (Å²) in [6.45, 7) is 4.44. The van der Waals surface area contributed by atoms with Gasteiger partial charge in [-0.05, 0) is 74.7 Å². The number of fused-ring (bicyclic) bond motifs is 1. The molecule has 4 nitrogen and oxygen atoms in total. The van der Waals surface area contributed by atoms with Crippen LogP contribution in [0.4, 0.5) is 10.1 Å². The number of hydrogen-bond donors (Lipinski definition) is 1. The zero-order chi connectivity index (χ0) is 18.0. The van der Waals surface area contributed by atoms with Gasteiger partial charge in [0, 0.05) is 29.4 Å². The summed E-state index contributed by atoms with van der Waals surface area (Å²) in [5, 5.41) is 2.88. The number of nitrogens with zero attached hydrogens (tertiary/aromatic N) is 1. The fraction of sp³-hybridized carbons (Fsp3) is 0.300. The monoisotopic (exact) mass is 340 g/mol. The molecule has 1 N–H and O–H groups in total. The fourth-order valence-electron chi connectivity index (χ4n) is 3.04. The van der Waals surface area contributed by atoms with Gasteiger partial charge in [-0.3, -0.25) is 9.59 Å². The first-order chi connectivity index (χ1) is 12.0. The van der Waals surface area contributed by atoms with Crippen LogP contribution >= 0.6 is 0 Å². The third kappa shape index (κ3) is 3.71. The van der Waals surface area contributed by atoms with E-state index in [2.05, 4.69) is 5.32 Å². The number of nitrogens with one attached hydrogen (secondary N) is 1. The van der Waals surface area contributed by atoms with Gasteiger partial charge in [0.1, 0.15) is 5.82 Å². The SMILES string of the molecule is CC(C)NC(=O)c1ccc2c(c1)CCCN2C(=O)c1ccc(F)cc1. The third-order valence-corrected chi connectivity index (χ3v) is 4.22. The molecule has 0 saturated heterocycles. The number of anilines is 1. The Morgan fingerprint density at radius 3 is 2.44 bits per heavy atom. The van der Waals surface area contributed by atoms with Gasteiger partial charge in [-0.15, -0.1) is 0 Å². The van der Waals surface area contributed by atoms with Crippen molar-refractivity contribution in [1.29, 1.82) is 0 Å². The van der Waals surface area contributed by atoms with Gasteiger partial charge in [-0.2, -0.15) is 0 Å². The molecule has 0 saturated carbocycles. The van der Waals surface area contributed by atoms with Crippen LogP contribution in [0.3, 0.4) is 0 Å². The molecule has 1 heterocycles. The standard InChI is InChI=1S/C20H21FN2O2/c1-13(2)22-19(24)16-7-10-18-15(12-16)4-3-11-23(18)20(25)14-5-8-17(21)9-6-14/h5-10,12-13H,3-4,11H2,1-2H3,(H,22,24). The predicted molar refractivity (Wildman–Crippen MR) is 95.4 cm³/mol. The van der Waals surface area contributed by atoms with Gasteiger partial charge >= 0.3 is 0 Å². The van der Waals surface area contributed by atoms with Gasteiger partial charge < -0.3 is 10.2 Å². The summed E-state index contributed by atoms with van der Waals surface area (Å²) >= 11 is 0. The first-order valence-corrected chi connectivity index (χ1v) is 8.47. The Hall–Kier alpha value is -2.69. The molecule has 0 radical (unpaired) electrons. The van der Waals surface area contributed by atoms with Crippen molar-refractivity contribution in [2.75, 3.05) is 11.4 Å². The Morgan fingerprint density at radius 2 is 1.76 bits per heavy atom. The van der Waals surface area contributed by atoms with Gasteiger partial charge in [0.2, 0.25) is 0 Å². The lowest BCUT2D eigenvalue weighted by Crippen LogP contribution is -2.36. The number of amides is 2. The van der Waals surface area contributed by atoms with Crippen LogP contribution in [0, 0.1) is 5.82 Å². The molecule has 2 amide bonds. The van der Waals surface area contributed by atoms with Crippen molar-refractivity contribution in [2.24, 2.45) is 0 Å². The highest BCUT2D eigenvalue weighted by Crippen LogP contribution is 2.29. The first-order valence-electron chi connectivity index (χ1n) is 8.47. The largest absolute Gasteiger partial charge is 0.350 e. The third-order valence-electron chi connectivity index (χ3n) is 4.22. The van der Waals surface area contributed by atoms with Gasteiger partial charge in [0.05, 0.1) is 0 Å². The molecular weight excluding hydrogens is 319 g/mol. The molecule has 1 aliphatic rings. The molecule has 2 aromatic carbocycles. The van der Waals surface area contributed by atoms with E-state index < -0.39 is 0 Å². The van der Waals surface area contributed by atoms with Crippen LogP contribution in [0.2, 0.25) is 0 Å². The number of aryl methyl sites for hydroxylation is 1. The van der Waals surface area contributed by atoms with E-state index in [1.54, 1.807) is 11.0 Å². The molecule has 0 fully saturated rings. The minimum Gasteiger partial charge on any atom is -0.350 e. The summed E-state index contributed by atoms with van der Waals surface area (Å²) in [6.07, 6.45) is 1.65. The Balaban J connectivity index is 1.88. The van der Waals surface area contributed by atoms with E-state index in [0.29, 0.717) is 17.7 Å². The van der Waals surface area contributed by atoms with Crippen molar-refractivity contribution in [3.63, 3.8) is 0 Å². The zero-order valence-electron chi connectivity index (χ0n) is 14.4. The van der Waals surface area contributed by atoms with Crippen molar-refractivity contribution in [1.82, 2.24) is 5.32 Å². The highest BCUT2D eigenvalue weighted by Gasteiger charge is 2.24. The van der Waals surface area contributed by atoms with Crippen LogP contribution in [0.25, 0.3) is 0 Å². The summed E-state index contributed by atoms with van der Waals surface area (Å²) in [6, 6.07) is 11.1. The maximum absolute atomic E-state index is 13.1. The zero-order valence-corrected chi connectivity index (χ0v) is 14.4. The van der Waals surface area contributed by atoms with Gasteiger partial charge in [0.25, 0.3) is 11.8 Å². The molecular formula is C20H21FN2O2. The number of hydrogen-bond acceptors (Lipinski definition) is 2. The second-order valence-electron chi connectivity index (χ2n) is 6.54. The summed E-state index contributed by atoms with van der Waals surface area (Å²) < 4.78 is 13.1. The number of rotatable bonds is 3.